The van der Waals surface area contributed by atoms with E-state index in [1.807, 2.05) is 12.1 Å². The van der Waals surface area contributed by atoms with Crippen LogP contribution in [0, 0.1) is 17.8 Å². The zero-order chi connectivity index (χ0) is 20.5. The minimum Gasteiger partial charge on any atom is -0.463 e. The fourth-order valence-electron chi connectivity index (χ4n) is 5.75. The summed E-state index contributed by atoms with van der Waals surface area (Å²) in [7, 11) is 0.0366. The minimum absolute atomic E-state index is 0.0366. The van der Waals surface area contributed by atoms with E-state index in [1.54, 1.807) is 37.0 Å². The Kier molecular flexibility index (Phi) is 9.84. The van der Waals surface area contributed by atoms with E-state index < -0.39 is 6.86 Å². The highest BCUT2D eigenvalue weighted by atomic mass is 35.5. The molecule has 1 saturated carbocycles. The molecule has 0 bridgehead atoms. The van der Waals surface area contributed by atoms with Crippen molar-refractivity contribution in [3.05, 3.63) is 28.8 Å². The van der Waals surface area contributed by atoms with E-state index in [9.17, 15) is 4.39 Å². The van der Waals surface area contributed by atoms with Gasteiger partial charge in [-0.2, -0.15) is 0 Å². The Hall–Kier alpha value is -0.543. The van der Waals surface area contributed by atoms with Crippen molar-refractivity contribution < 1.29 is 9.13 Å². The fraction of sp³-hybridized carbons (Fsp3) is 0.760. The molecule has 1 aliphatic heterocycles. The maximum atomic E-state index is 12.6. The molecule has 1 heterocycles. The summed E-state index contributed by atoms with van der Waals surface area (Å²) in [5.74, 6) is 3.63. The van der Waals surface area contributed by atoms with Crippen LogP contribution in [0.15, 0.2) is 18.2 Å². The zero-order valence-corrected chi connectivity index (χ0v) is 20.0. The molecule has 1 aromatic carbocycles. The second kappa shape index (κ2) is 12.3. The third kappa shape index (κ3) is 7.27. The van der Waals surface area contributed by atoms with Crippen molar-refractivity contribution in [2.75, 3.05) is 6.86 Å². The Bertz CT molecular complexity index is 594. The van der Waals surface area contributed by atoms with Crippen LogP contribution < -0.4 is 4.74 Å². The fourth-order valence-corrected chi connectivity index (χ4v) is 8.93. The summed E-state index contributed by atoms with van der Waals surface area (Å²) in [6.45, 7) is 1.57. The molecule has 163 valence electrons. The first-order valence-electron chi connectivity index (χ1n) is 12.0. The molecule has 0 spiro atoms. The van der Waals surface area contributed by atoms with Crippen molar-refractivity contribution in [3.63, 3.8) is 0 Å². The summed E-state index contributed by atoms with van der Waals surface area (Å²) in [5.41, 5.74) is 1.08. The molecule has 2 fully saturated rings. The molecular weight excluding hydrogens is 399 g/mol. The van der Waals surface area contributed by atoms with E-state index >= 15 is 0 Å². The van der Waals surface area contributed by atoms with Gasteiger partial charge >= 0.3 is 0 Å². The Morgan fingerprint density at radius 1 is 1.03 bits per heavy atom. The predicted octanol–water partition coefficient (Wildman–Crippen LogP) is 8.48. The molecule has 1 nitrogen and oxygen atoms in total. The van der Waals surface area contributed by atoms with Crippen molar-refractivity contribution >= 4 is 20.4 Å². The van der Waals surface area contributed by atoms with Crippen molar-refractivity contribution in [2.45, 2.75) is 95.7 Å². The second-order valence-corrected chi connectivity index (χ2v) is 12.8. The second-order valence-electron chi connectivity index (χ2n) is 9.37. The van der Waals surface area contributed by atoms with Crippen LogP contribution in [0.2, 0.25) is 23.2 Å². The maximum Gasteiger partial charge on any atom is 0.228 e. The van der Waals surface area contributed by atoms with Gasteiger partial charge < -0.3 is 4.74 Å². The molecule has 0 unspecified atom stereocenters. The molecular formula is C25H39ClFOSi. The number of aryl methyl sites for hydroxylation is 1. The number of halogens is 2. The molecule has 0 N–H and O–H groups in total. The van der Waals surface area contributed by atoms with Crippen LogP contribution in [0.3, 0.4) is 0 Å². The summed E-state index contributed by atoms with van der Waals surface area (Å²) in [6.07, 6.45) is 15.1. The number of hydrogen-bond donors (Lipinski definition) is 0. The van der Waals surface area contributed by atoms with Crippen LogP contribution in [0.25, 0.3) is 0 Å². The van der Waals surface area contributed by atoms with Crippen molar-refractivity contribution in [2.24, 2.45) is 17.8 Å². The highest BCUT2D eigenvalue weighted by Gasteiger charge is 2.30. The van der Waals surface area contributed by atoms with Crippen molar-refractivity contribution in [1.29, 1.82) is 0 Å². The van der Waals surface area contributed by atoms with E-state index in [0.717, 1.165) is 36.2 Å². The maximum absolute atomic E-state index is 12.6. The van der Waals surface area contributed by atoms with Gasteiger partial charge in [-0.15, -0.1) is 0 Å². The van der Waals surface area contributed by atoms with Crippen LogP contribution in [-0.4, -0.2) is 15.7 Å². The lowest BCUT2D eigenvalue weighted by molar-refractivity contribution is 0.184. The zero-order valence-electron chi connectivity index (χ0n) is 18.2. The van der Waals surface area contributed by atoms with Gasteiger partial charge in [0.2, 0.25) is 6.86 Å². The standard InChI is InChI=1S/C25H39ClFOSi/c1-2-15-29-16-13-22(14-17-29)21-9-7-20(8-10-21)5-3-4-6-23-11-12-24(26)18-25(23)28-19-27/h11-12,18,20-22H,2-10,13-17,19H2,1H3. The Balaban J connectivity index is 1.32. The van der Waals surface area contributed by atoms with Gasteiger partial charge in [0.15, 0.2) is 0 Å². The molecule has 0 aromatic heterocycles. The molecule has 2 aliphatic rings. The first-order chi connectivity index (χ1) is 14.2. The van der Waals surface area contributed by atoms with Crippen LogP contribution >= 0.6 is 11.6 Å². The highest BCUT2D eigenvalue weighted by Crippen LogP contribution is 2.42. The molecule has 3 rings (SSSR count). The Morgan fingerprint density at radius 3 is 2.45 bits per heavy atom. The summed E-state index contributed by atoms with van der Waals surface area (Å²) in [4.78, 5) is 0. The van der Waals surface area contributed by atoms with Gasteiger partial charge in [0.25, 0.3) is 0 Å². The van der Waals surface area contributed by atoms with E-state index in [2.05, 4.69) is 6.92 Å². The smallest absolute Gasteiger partial charge is 0.228 e. The lowest BCUT2D eigenvalue weighted by Gasteiger charge is -2.37. The molecule has 0 atom stereocenters. The third-order valence-corrected chi connectivity index (χ3v) is 10.9. The lowest BCUT2D eigenvalue weighted by atomic mass is 9.73. The van der Waals surface area contributed by atoms with Crippen molar-refractivity contribution in [3.8, 4) is 5.75 Å². The highest BCUT2D eigenvalue weighted by molar-refractivity contribution is 6.58. The van der Waals surface area contributed by atoms with Gasteiger partial charge in [-0.1, -0.05) is 87.7 Å². The molecule has 4 heteroatoms. The average molecular weight is 438 g/mol. The number of alkyl halides is 1. The molecule has 29 heavy (non-hydrogen) atoms. The number of benzene rings is 1. The topological polar surface area (TPSA) is 9.23 Å². The summed E-state index contributed by atoms with van der Waals surface area (Å²) in [6, 6.07) is 10.3. The lowest BCUT2D eigenvalue weighted by Crippen LogP contribution is -2.28. The molecule has 1 aromatic rings. The predicted molar refractivity (Wildman–Crippen MR) is 124 cm³/mol. The Labute approximate surface area is 184 Å². The van der Waals surface area contributed by atoms with Gasteiger partial charge in [-0.3, -0.25) is 0 Å². The minimum atomic E-state index is -0.793. The van der Waals surface area contributed by atoms with E-state index in [0.29, 0.717) is 10.8 Å². The van der Waals surface area contributed by atoms with E-state index in [4.69, 9.17) is 16.3 Å². The molecule has 0 amide bonds. The normalized spacial score (nSPS) is 24.0. The van der Waals surface area contributed by atoms with Crippen LogP contribution in [-0.2, 0) is 6.42 Å². The first kappa shape index (κ1) is 23.1. The largest absolute Gasteiger partial charge is 0.463 e. The number of hydrogen-bond acceptors (Lipinski definition) is 1. The summed E-state index contributed by atoms with van der Waals surface area (Å²) >= 11 is 6.00. The van der Waals surface area contributed by atoms with Crippen molar-refractivity contribution in [1.82, 2.24) is 0 Å². The SMILES string of the molecule is CCC[Si]1CCC(C2CCC(CCCCc3ccc(Cl)cc3OCF)CC2)CC1. The summed E-state index contributed by atoms with van der Waals surface area (Å²) in [5, 5.41) is 0.606. The monoisotopic (exact) mass is 437 g/mol. The van der Waals surface area contributed by atoms with Gasteiger partial charge in [0.1, 0.15) is 5.75 Å². The summed E-state index contributed by atoms with van der Waals surface area (Å²) < 4.78 is 17.7. The average Bonchev–Trinajstić information content (AvgIpc) is 2.74. The van der Waals surface area contributed by atoms with Crippen LogP contribution in [0.4, 0.5) is 4.39 Å². The molecule has 1 aliphatic carbocycles. The number of ether oxygens (including phenoxy) is 1. The van der Waals surface area contributed by atoms with Gasteiger partial charge in [0, 0.05) is 13.8 Å². The van der Waals surface area contributed by atoms with Gasteiger partial charge in [0.05, 0.1) is 0 Å². The first-order valence-corrected chi connectivity index (χ1v) is 14.5. The van der Waals surface area contributed by atoms with Crippen LogP contribution in [0.5, 0.6) is 5.75 Å². The van der Waals surface area contributed by atoms with Gasteiger partial charge in [-0.05, 0) is 61.1 Å². The molecule has 1 saturated heterocycles. The number of unbranched alkanes of at least 4 members (excludes halogenated alkanes) is 1. The quantitative estimate of drug-likeness (QED) is 0.263. The Morgan fingerprint density at radius 2 is 1.76 bits per heavy atom. The van der Waals surface area contributed by atoms with E-state index in [-0.39, 0.29) is 8.80 Å². The molecule has 1 radical (unpaired) electrons. The third-order valence-electron chi connectivity index (χ3n) is 7.45. The number of rotatable bonds is 10. The van der Waals surface area contributed by atoms with E-state index in [1.165, 1.54) is 44.9 Å². The van der Waals surface area contributed by atoms with Gasteiger partial charge in [-0.25, -0.2) is 4.39 Å². The van der Waals surface area contributed by atoms with Crippen LogP contribution in [0.1, 0.15) is 76.7 Å².